The molecule has 0 spiro atoms. The van der Waals surface area contributed by atoms with Crippen LogP contribution in [0.5, 0.6) is 0 Å². The van der Waals surface area contributed by atoms with Gasteiger partial charge < -0.3 is 0 Å². The Morgan fingerprint density at radius 2 is 2.04 bits per heavy atom. The van der Waals surface area contributed by atoms with Gasteiger partial charge in [0.05, 0.1) is 16.6 Å². The van der Waals surface area contributed by atoms with E-state index in [1.54, 1.807) is 30.3 Å². The standard InChI is InChI=1S/C20H12FN5OS/c21-16-14(7-6-13-8-9-28-18(13)16)11-23-26-20-24-17(12-4-2-1-3-5-12)15(10-22)19(27)25-20/h1-9,11H,(H2,24,25,26,27). The second-order valence-corrected chi connectivity index (χ2v) is 6.71. The maximum Gasteiger partial charge on any atom is 0.270 e. The number of aromatic amines is 1. The predicted molar refractivity (Wildman–Crippen MR) is 108 cm³/mol. The van der Waals surface area contributed by atoms with E-state index in [4.69, 9.17) is 0 Å². The fourth-order valence-electron chi connectivity index (χ4n) is 2.71. The Hall–Kier alpha value is -3.83. The van der Waals surface area contributed by atoms with E-state index >= 15 is 0 Å². The Balaban J connectivity index is 1.66. The van der Waals surface area contributed by atoms with Crippen LogP contribution in [0, 0.1) is 17.1 Å². The molecule has 2 N–H and O–H groups in total. The third-order valence-corrected chi connectivity index (χ3v) is 4.97. The second-order valence-electron chi connectivity index (χ2n) is 5.79. The number of aromatic nitrogens is 2. The quantitative estimate of drug-likeness (QED) is 0.406. The molecule has 0 atom stereocenters. The normalized spacial score (nSPS) is 11.0. The maximum absolute atomic E-state index is 14.5. The maximum atomic E-state index is 14.5. The van der Waals surface area contributed by atoms with Crippen molar-refractivity contribution in [2.24, 2.45) is 5.10 Å². The topological polar surface area (TPSA) is 93.9 Å². The van der Waals surface area contributed by atoms with Gasteiger partial charge in [-0.2, -0.15) is 10.4 Å². The first-order valence-electron chi connectivity index (χ1n) is 8.22. The highest BCUT2D eigenvalue weighted by Crippen LogP contribution is 2.25. The van der Waals surface area contributed by atoms with Gasteiger partial charge in [0.2, 0.25) is 5.95 Å². The molecule has 6 nitrogen and oxygen atoms in total. The number of hydrazone groups is 1. The van der Waals surface area contributed by atoms with E-state index in [1.165, 1.54) is 17.6 Å². The molecule has 0 amide bonds. The fourth-order valence-corrected chi connectivity index (χ4v) is 3.55. The Kier molecular flexibility index (Phi) is 4.66. The molecule has 2 heterocycles. The van der Waals surface area contributed by atoms with Crippen LogP contribution in [0.3, 0.4) is 0 Å². The summed E-state index contributed by atoms with van der Waals surface area (Å²) in [6, 6.07) is 16.1. The van der Waals surface area contributed by atoms with E-state index in [9.17, 15) is 14.4 Å². The molecule has 0 aliphatic carbocycles. The zero-order valence-electron chi connectivity index (χ0n) is 14.3. The monoisotopic (exact) mass is 389 g/mol. The van der Waals surface area contributed by atoms with Gasteiger partial charge in [0.15, 0.2) is 0 Å². The number of nitriles is 1. The van der Waals surface area contributed by atoms with Gasteiger partial charge in [0.1, 0.15) is 17.4 Å². The van der Waals surface area contributed by atoms with Crippen LogP contribution >= 0.6 is 11.3 Å². The molecule has 8 heteroatoms. The minimum atomic E-state index is -0.583. The Morgan fingerprint density at radius 1 is 1.21 bits per heavy atom. The first kappa shape index (κ1) is 17.6. The highest BCUT2D eigenvalue weighted by Gasteiger charge is 2.13. The summed E-state index contributed by atoms with van der Waals surface area (Å²) in [5.74, 6) is -0.305. The lowest BCUT2D eigenvalue weighted by Crippen LogP contribution is -2.16. The van der Waals surface area contributed by atoms with Gasteiger partial charge in [-0.05, 0) is 22.9 Å². The second kappa shape index (κ2) is 7.42. The number of hydrogen-bond acceptors (Lipinski definition) is 6. The van der Waals surface area contributed by atoms with Crippen molar-refractivity contribution in [3.8, 4) is 17.3 Å². The minimum Gasteiger partial charge on any atom is -0.290 e. The molecular formula is C20H12FN5OS. The third-order valence-electron chi connectivity index (χ3n) is 4.04. The average molecular weight is 389 g/mol. The Morgan fingerprint density at radius 3 is 2.82 bits per heavy atom. The Labute approximate surface area is 162 Å². The molecule has 28 heavy (non-hydrogen) atoms. The van der Waals surface area contributed by atoms with E-state index in [-0.39, 0.29) is 23.0 Å². The van der Waals surface area contributed by atoms with Gasteiger partial charge in [-0.25, -0.2) is 14.8 Å². The van der Waals surface area contributed by atoms with Gasteiger partial charge in [-0.1, -0.05) is 36.4 Å². The molecule has 0 saturated carbocycles. The number of nitrogens with one attached hydrogen (secondary N) is 2. The molecule has 0 aliphatic rings. The molecule has 2 aromatic carbocycles. The largest absolute Gasteiger partial charge is 0.290 e. The van der Waals surface area contributed by atoms with Gasteiger partial charge in [0, 0.05) is 11.1 Å². The molecule has 0 bridgehead atoms. The SMILES string of the molecule is N#Cc1c(-c2ccccc2)nc(NN=Cc2ccc3ccsc3c2F)[nH]c1=O. The van der Waals surface area contributed by atoms with E-state index in [1.807, 2.05) is 29.6 Å². The first-order valence-corrected chi connectivity index (χ1v) is 9.10. The van der Waals surface area contributed by atoms with Gasteiger partial charge in [-0.3, -0.25) is 9.78 Å². The molecular weight excluding hydrogens is 377 g/mol. The highest BCUT2D eigenvalue weighted by molar-refractivity contribution is 7.17. The predicted octanol–water partition coefficient (Wildman–Crippen LogP) is 4.11. The summed E-state index contributed by atoms with van der Waals surface area (Å²) >= 11 is 1.32. The van der Waals surface area contributed by atoms with Crippen LogP contribution in [-0.4, -0.2) is 16.2 Å². The van der Waals surface area contributed by atoms with Gasteiger partial charge in [-0.15, -0.1) is 11.3 Å². The number of rotatable bonds is 4. The summed E-state index contributed by atoms with van der Waals surface area (Å²) in [5, 5.41) is 15.9. The van der Waals surface area contributed by atoms with Crippen molar-refractivity contribution in [1.82, 2.24) is 9.97 Å². The van der Waals surface area contributed by atoms with Crippen molar-refractivity contribution in [2.75, 3.05) is 5.43 Å². The number of H-pyrrole nitrogens is 1. The zero-order valence-corrected chi connectivity index (χ0v) is 15.1. The highest BCUT2D eigenvalue weighted by atomic mass is 32.1. The molecule has 0 saturated heterocycles. The van der Waals surface area contributed by atoms with Crippen LogP contribution < -0.4 is 11.0 Å². The van der Waals surface area contributed by atoms with Gasteiger partial charge in [0.25, 0.3) is 5.56 Å². The molecule has 0 unspecified atom stereocenters. The summed E-state index contributed by atoms with van der Waals surface area (Å²) in [6.07, 6.45) is 1.31. The van der Waals surface area contributed by atoms with Crippen molar-refractivity contribution in [2.45, 2.75) is 0 Å². The van der Waals surface area contributed by atoms with E-state index < -0.39 is 5.56 Å². The molecule has 2 aromatic heterocycles. The molecule has 4 rings (SSSR count). The summed E-state index contributed by atoms with van der Waals surface area (Å²) in [7, 11) is 0. The number of thiophene rings is 1. The number of nitrogens with zero attached hydrogens (tertiary/aromatic N) is 3. The number of hydrogen-bond donors (Lipinski definition) is 2. The number of fused-ring (bicyclic) bond motifs is 1. The molecule has 136 valence electrons. The summed E-state index contributed by atoms with van der Waals surface area (Å²) in [6.45, 7) is 0. The third kappa shape index (κ3) is 3.26. The molecule has 0 fully saturated rings. The lowest BCUT2D eigenvalue weighted by atomic mass is 10.1. The van der Waals surface area contributed by atoms with E-state index in [0.29, 0.717) is 15.8 Å². The Bertz CT molecular complexity index is 1290. The lowest BCUT2D eigenvalue weighted by Gasteiger charge is -2.06. The molecule has 0 radical (unpaired) electrons. The van der Waals surface area contributed by atoms with E-state index in [0.717, 1.165) is 5.39 Å². The summed E-state index contributed by atoms with van der Waals surface area (Å²) < 4.78 is 15.0. The lowest BCUT2D eigenvalue weighted by molar-refractivity contribution is 0.640. The summed E-state index contributed by atoms with van der Waals surface area (Å²) in [4.78, 5) is 18.9. The van der Waals surface area contributed by atoms with Crippen LogP contribution in [0.1, 0.15) is 11.1 Å². The van der Waals surface area contributed by atoms with Gasteiger partial charge >= 0.3 is 0 Å². The zero-order chi connectivity index (χ0) is 19.5. The van der Waals surface area contributed by atoms with Crippen LogP contribution in [0.15, 0.2) is 63.8 Å². The molecule has 0 aliphatic heterocycles. The van der Waals surface area contributed by atoms with Crippen LogP contribution in [0.25, 0.3) is 21.3 Å². The van der Waals surface area contributed by atoms with Crippen molar-refractivity contribution in [1.29, 1.82) is 5.26 Å². The average Bonchev–Trinajstić information content (AvgIpc) is 3.20. The van der Waals surface area contributed by atoms with Crippen LogP contribution in [0.2, 0.25) is 0 Å². The van der Waals surface area contributed by atoms with Crippen LogP contribution in [-0.2, 0) is 0 Å². The fraction of sp³-hybridized carbons (Fsp3) is 0. The van der Waals surface area contributed by atoms with E-state index in [2.05, 4.69) is 20.5 Å². The number of halogens is 1. The first-order chi connectivity index (χ1) is 13.7. The van der Waals surface area contributed by atoms with Crippen LogP contribution in [0.4, 0.5) is 10.3 Å². The van der Waals surface area contributed by atoms with Crippen molar-refractivity contribution >= 4 is 33.6 Å². The van der Waals surface area contributed by atoms with Crippen molar-refractivity contribution in [3.63, 3.8) is 0 Å². The van der Waals surface area contributed by atoms with Crippen molar-refractivity contribution in [3.05, 3.63) is 81.2 Å². The van der Waals surface area contributed by atoms with Crippen molar-refractivity contribution < 1.29 is 4.39 Å². The number of benzene rings is 2. The smallest absolute Gasteiger partial charge is 0.270 e. The minimum absolute atomic E-state index is 0.0525. The summed E-state index contributed by atoms with van der Waals surface area (Å²) in [5.41, 5.74) is 3.11. The molecule has 4 aromatic rings. The number of anilines is 1.